The third kappa shape index (κ3) is 3.72. The van der Waals surface area contributed by atoms with E-state index in [0.717, 1.165) is 9.79 Å². The van der Waals surface area contributed by atoms with Crippen LogP contribution in [-0.2, 0) is 0 Å². The molecule has 0 radical (unpaired) electrons. The molecule has 0 atom stereocenters. The van der Waals surface area contributed by atoms with Crippen molar-refractivity contribution in [2.24, 2.45) is 0 Å². The third-order valence-corrected chi connectivity index (χ3v) is 4.13. The zero-order chi connectivity index (χ0) is 13.8. The minimum Gasteiger partial charge on any atom is -0.492 e. The van der Waals surface area contributed by atoms with Gasteiger partial charge >= 0.3 is 0 Å². The van der Waals surface area contributed by atoms with Crippen molar-refractivity contribution in [3.05, 3.63) is 46.4 Å². The average molecular weight is 314 g/mol. The highest BCUT2D eigenvalue weighted by atomic mass is 35.5. The second-order valence-electron chi connectivity index (χ2n) is 3.81. The zero-order valence-corrected chi connectivity index (χ0v) is 12.6. The molecule has 19 heavy (non-hydrogen) atoms. The van der Waals surface area contributed by atoms with E-state index in [0.29, 0.717) is 28.1 Å². The van der Waals surface area contributed by atoms with Gasteiger partial charge in [0.25, 0.3) is 0 Å². The molecule has 5 heteroatoms. The van der Waals surface area contributed by atoms with Crippen molar-refractivity contribution in [1.29, 1.82) is 0 Å². The summed E-state index contributed by atoms with van der Waals surface area (Å²) in [5, 5.41) is 1.10. The third-order valence-electron chi connectivity index (χ3n) is 2.41. The summed E-state index contributed by atoms with van der Waals surface area (Å²) in [6.45, 7) is 2.52. The lowest BCUT2D eigenvalue weighted by Gasteiger charge is -2.09. The van der Waals surface area contributed by atoms with Gasteiger partial charge in [0.2, 0.25) is 0 Å². The van der Waals surface area contributed by atoms with E-state index in [1.54, 1.807) is 17.8 Å². The molecule has 0 heterocycles. The normalized spacial score (nSPS) is 10.5. The molecule has 2 nitrogen and oxygen atoms in total. The van der Waals surface area contributed by atoms with E-state index >= 15 is 0 Å². The fourth-order valence-electron chi connectivity index (χ4n) is 1.54. The van der Waals surface area contributed by atoms with E-state index in [9.17, 15) is 0 Å². The lowest BCUT2D eigenvalue weighted by atomic mass is 10.3. The van der Waals surface area contributed by atoms with Crippen molar-refractivity contribution in [2.45, 2.75) is 16.7 Å². The monoisotopic (exact) mass is 313 g/mol. The molecule has 0 aromatic heterocycles. The van der Waals surface area contributed by atoms with Crippen LogP contribution in [0.15, 0.2) is 46.2 Å². The van der Waals surface area contributed by atoms with Crippen LogP contribution in [0.4, 0.5) is 5.69 Å². The van der Waals surface area contributed by atoms with Gasteiger partial charge in [-0.2, -0.15) is 0 Å². The van der Waals surface area contributed by atoms with Crippen molar-refractivity contribution in [2.75, 3.05) is 12.3 Å². The minimum absolute atomic E-state index is 0.548. The summed E-state index contributed by atoms with van der Waals surface area (Å²) in [6, 6.07) is 11.3. The van der Waals surface area contributed by atoms with Crippen LogP contribution >= 0.6 is 35.0 Å². The van der Waals surface area contributed by atoms with Crippen molar-refractivity contribution in [3.63, 3.8) is 0 Å². The van der Waals surface area contributed by atoms with Crippen LogP contribution in [0, 0.1) is 0 Å². The maximum absolute atomic E-state index is 6.00. The Labute approximate surface area is 126 Å². The van der Waals surface area contributed by atoms with E-state index in [4.69, 9.17) is 33.7 Å². The number of anilines is 1. The first-order valence-electron chi connectivity index (χ1n) is 5.75. The number of benzene rings is 2. The van der Waals surface area contributed by atoms with Gasteiger partial charge in [0, 0.05) is 9.79 Å². The summed E-state index contributed by atoms with van der Waals surface area (Å²) in [5.41, 5.74) is 6.48. The van der Waals surface area contributed by atoms with Gasteiger partial charge in [0.1, 0.15) is 5.75 Å². The molecule has 0 unspecified atom stereocenters. The van der Waals surface area contributed by atoms with Gasteiger partial charge < -0.3 is 10.5 Å². The smallest absolute Gasteiger partial charge is 0.143 e. The first-order valence-corrected chi connectivity index (χ1v) is 7.32. The highest BCUT2D eigenvalue weighted by Crippen LogP contribution is 2.35. The Morgan fingerprint density at radius 3 is 2.42 bits per heavy atom. The lowest BCUT2D eigenvalue weighted by molar-refractivity contribution is 0.341. The maximum atomic E-state index is 6.00. The summed E-state index contributed by atoms with van der Waals surface area (Å²) in [4.78, 5) is 2.05. The second kappa shape index (κ2) is 6.42. The van der Waals surface area contributed by atoms with E-state index in [-0.39, 0.29) is 0 Å². The van der Waals surface area contributed by atoms with E-state index in [1.807, 2.05) is 37.3 Å². The van der Waals surface area contributed by atoms with Crippen molar-refractivity contribution >= 4 is 40.7 Å². The van der Waals surface area contributed by atoms with Crippen molar-refractivity contribution in [3.8, 4) is 5.75 Å². The SMILES string of the molecule is CCOc1cc(Sc2ccc(Cl)c(Cl)c2)ccc1N. The van der Waals surface area contributed by atoms with Crippen molar-refractivity contribution < 1.29 is 4.74 Å². The van der Waals surface area contributed by atoms with Gasteiger partial charge in [-0.3, -0.25) is 0 Å². The lowest BCUT2D eigenvalue weighted by Crippen LogP contribution is -1.96. The van der Waals surface area contributed by atoms with Crippen LogP contribution in [0.25, 0.3) is 0 Å². The second-order valence-corrected chi connectivity index (χ2v) is 5.77. The Kier molecular flexibility index (Phi) is 4.86. The molecule has 2 aromatic carbocycles. The molecule has 0 aliphatic carbocycles. The molecule has 0 saturated heterocycles. The maximum Gasteiger partial charge on any atom is 0.143 e. The van der Waals surface area contributed by atoms with E-state index in [1.165, 1.54) is 0 Å². The summed E-state index contributed by atoms with van der Waals surface area (Å²) >= 11 is 13.5. The number of nitrogen functional groups attached to an aromatic ring is 1. The molecule has 0 fully saturated rings. The van der Waals surface area contributed by atoms with Gasteiger partial charge in [-0.15, -0.1) is 0 Å². The molecule has 0 amide bonds. The fourth-order valence-corrected chi connectivity index (χ4v) is 2.78. The predicted molar refractivity (Wildman–Crippen MR) is 82.6 cm³/mol. The average Bonchev–Trinajstić information content (AvgIpc) is 2.38. The van der Waals surface area contributed by atoms with Gasteiger partial charge in [-0.1, -0.05) is 35.0 Å². The Balaban J connectivity index is 2.22. The van der Waals surface area contributed by atoms with Crippen LogP contribution in [0.1, 0.15) is 6.92 Å². The van der Waals surface area contributed by atoms with Crippen LogP contribution in [0.5, 0.6) is 5.75 Å². The first kappa shape index (κ1) is 14.4. The highest BCUT2D eigenvalue weighted by molar-refractivity contribution is 7.99. The molecule has 0 aliphatic heterocycles. The molecule has 0 spiro atoms. The topological polar surface area (TPSA) is 35.2 Å². The van der Waals surface area contributed by atoms with Gasteiger partial charge in [0.15, 0.2) is 0 Å². The fraction of sp³-hybridized carbons (Fsp3) is 0.143. The largest absolute Gasteiger partial charge is 0.492 e. The number of nitrogens with two attached hydrogens (primary N) is 1. The summed E-state index contributed by atoms with van der Waals surface area (Å²) in [7, 11) is 0. The predicted octanol–water partition coefficient (Wildman–Crippen LogP) is 5.13. The number of rotatable bonds is 4. The molecule has 100 valence electrons. The zero-order valence-electron chi connectivity index (χ0n) is 10.3. The molecular formula is C14H13Cl2NOS. The number of hydrogen-bond acceptors (Lipinski definition) is 3. The quantitative estimate of drug-likeness (QED) is 0.795. The van der Waals surface area contributed by atoms with Crippen LogP contribution in [0.2, 0.25) is 10.0 Å². The Bertz CT molecular complexity index is 590. The van der Waals surface area contributed by atoms with Gasteiger partial charge in [-0.05, 0) is 43.3 Å². The first-order chi connectivity index (χ1) is 9.10. The van der Waals surface area contributed by atoms with Crippen molar-refractivity contribution in [1.82, 2.24) is 0 Å². The molecule has 0 bridgehead atoms. The van der Waals surface area contributed by atoms with Gasteiger partial charge in [0.05, 0.1) is 22.3 Å². The molecule has 0 saturated carbocycles. The Morgan fingerprint density at radius 2 is 1.74 bits per heavy atom. The van der Waals surface area contributed by atoms with Crippen LogP contribution in [0.3, 0.4) is 0 Å². The van der Waals surface area contributed by atoms with Gasteiger partial charge in [-0.25, -0.2) is 0 Å². The molecule has 2 N–H and O–H groups in total. The minimum atomic E-state index is 0.548. The molecule has 2 rings (SSSR count). The summed E-state index contributed by atoms with van der Waals surface area (Å²) in [5.74, 6) is 0.701. The Morgan fingerprint density at radius 1 is 1.05 bits per heavy atom. The number of ether oxygens (including phenoxy) is 1. The molecule has 2 aromatic rings. The molecule has 0 aliphatic rings. The number of halogens is 2. The van der Waals surface area contributed by atoms with E-state index in [2.05, 4.69) is 0 Å². The standard InChI is InChI=1S/C14H13Cl2NOS/c1-2-18-14-8-10(4-6-13(14)17)19-9-3-5-11(15)12(16)7-9/h3-8H,2,17H2,1H3. The van der Waals surface area contributed by atoms with Crippen LogP contribution in [-0.4, -0.2) is 6.61 Å². The summed E-state index contributed by atoms with van der Waals surface area (Å²) in [6.07, 6.45) is 0. The Hall–Kier alpha value is -1.03. The van der Waals surface area contributed by atoms with E-state index < -0.39 is 0 Å². The number of hydrogen-bond donors (Lipinski definition) is 1. The molecular weight excluding hydrogens is 301 g/mol. The summed E-state index contributed by atoms with van der Waals surface area (Å²) < 4.78 is 5.47. The highest BCUT2D eigenvalue weighted by Gasteiger charge is 2.05. The van der Waals surface area contributed by atoms with Crippen LogP contribution < -0.4 is 10.5 Å².